The number of hydrogen-bond acceptors (Lipinski definition) is 3. The molecule has 0 aromatic heterocycles. The molecule has 0 spiro atoms. The van der Waals surface area contributed by atoms with Crippen LogP contribution in [-0.4, -0.2) is 17.1 Å². The molecule has 0 saturated heterocycles. The Morgan fingerprint density at radius 3 is 2.59 bits per heavy atom. The maximum Gasteiger partial charge on any atom is 0.427 e. The minimum Gasteiger partial charge on any atom is -0.409 e. The lowest BCUT2D eigenvalue weighted by Crippen LogP contribution is -2.50. The SMILES string of the molecule is CC1Cc2ccccc2CN1NC(=O)Oc1ccc(Cl)cc1. The second-order valence-electron chi connectivity index (χ2n) is 5.41. The summed E-state index contributed by atoms with van der Waals surface area (Å²) in [4.78, 5) is 12.0. The third-order valence-corrected chi connectivity index (χ3v) is 4.02. The Balaban J connectivity index is 1.63. The lowest BCUT2D eigenvalue weighted by atomic mass is 9.96. The van der Waals surface area contributed by atoms with Gasteiger partial charge < -0.3 is 4.74 Å². The smallest absolute Gasteiger partial charge is 0.409 e. The molecule has 5 heteroatoms. The van der Waals surface area contributed by atoms with E-state index in [1.165, 1.54) is 11.1 Å². The first-order chi connectivity index (χ1) is 10.6. The van der Waals surface area contributed by atoms with Gasteiger partial charge in [-0.3, -0.25) is 5.43 Å². The van der Waals surface area contributed by atoms with Crippen LogP contribution in [0.1, 0.15) is 18.1 Å². The molecule has 0 aliphatic carbocycles. The van der Waals surface area contributed by atoms with Crippen LogP contribution in [0.15, 0.2) is 48.5 Å². The zero-order valence-corrected chi connectivity index (χ0v) is 13.0. The van der Waals surface area contributed by atoms with Gasteiger partial charge in [-0.15, -0.1) is 0 Å². The number of hydrogen-bond donors (Lipinski definition) is 1. The molecule has 22 heavy (non-hydrogen) atoms. The summed E-state index contributed by atoms with van der Waals surface area (Å²) in [5.74, 6) is 0.465. The van der Waals surface area contributed by atoms with Crippen LogP contribution < -0.4 is 10.2 Å². The van der Waals surface area contributed by atoms with E-state index in [0.29, 0.717) is 17.3 Å². The summed E-state index contributed by atoms with van der Waals surface area (Å²) in [6.07, 6.45) is 0.408. The number of carbonyl (C=O) groups excluding carboxylic acids is 1. The van der Waals surface area contributed by atoms with Crippen LogP contribution in [0.25, 0.3) is 0 Å². The summed E-state index contributed by atoms with van der Waals surface area (Å²) in [6, 6.07) is 15.2. The van der Waals surface area contributed by atoms with Crippen LogP contribution in [0.2, 0.25) is 5.02 Å². The van der Waals surface area contributed by atoms with E-state index in [1.807, 2.05) is 17.1 Å². The van der Waals surface area contributed by atoms with Gasteiger partial charge >= 0.3 is 6.09 Å². The first kappa shape index (κ1) is 14.9. The van der Waals surface area contributed by atoms with Gasteiger partial charge in [-0.1, -0.05) is 35.9 Å². The Labute approximate surface area is 134 Å². The first-order valence-electron chi connectivity index (χ1n) is 7.19. The van der Waals surface area contributed by atoms with E-state index in [-0.39, 0.29) is 6.04 Å². The number of benzene rings is 2. The summed E-state index contributed by atoms with van der Waals surface area (Å²) in [5.41, 5.74) is 5.37. The number of nitrogens with one attached hydrogen (secondary N) is 1. The van der Waals surface area contributed by atoms with Crippen LogP contribution in [0.5, 0.6) is 5.75 Å². The maximum atomic E-state index is 12.0. The summed E-state index contributed by atoms with van der Waals surface area (Å²) >= 11 is 5.81. The quantitative estimate of drug-likeness (QED) is 0.916. The van der Waals surface area contributed by atoms with E-state index >= 15 is 0 Å². The molecule has 1 aliphatic rings. The Morgan fingerprint density at radius 2 is 1.86 bits per heavy atom. The van der Waals surface area contributed by atoms with Crippen molar-refractivity contribution >= 4 is 17.7 Å². The van der Waals surface area contributed by atoms with Gasteiger partial charge in [0.25, 0.3) is 0 Å². The van der Waals surface area contributed by atoms with Crippen molar-refractivity contribution in [3.63, 3.8) is 0 Å². The number of ether oxygens (including phenoxy) is 1. The van der Waals surface area contributed by atoms with Gasteiger partial charge in [0.1, 0.15) is 5.75 Å². The summed E-state index contributed by atoms with van der Waals surface area (Å²) in [6.45, 7) is 2.76. The van der Waals surface area contributed by atoms with E-state index in [9.17, 15) is 4.79 Å². The minimum absolute atomic E-state index is 0.215. The summed E-state index contributed by atoms with van der Waals surface area (Å²) in [5, 5.41) is 2.51. The molecule has 2 aromatic rings. The molecule has 114 valence electrons. The predicted octanol–water partition coefficient (Wildman–Crippen LogP) is 3.79. The van der Waals surface area contributed by atoms with Crippen molar-refractivity contribution in [2.45, 2.75) is 25.9 Å². The van der Waals surface area contributed by atoms with E-state index in [0.717, 1.165) is 6.42 Å². The molecule has 2 aromatic carbocycles. The zero-order chi connectivity index (χ0) is 15.5. The lowest BCUT2D eigenvalue weighted by Gasteiger charge is -2.34. The van der Waals surface area contributed by atoms with Crippen LogP contribution in [-0.2, 0) is 13.0 Å². The van der Waals surface area contributed by atoms with Crippen LogP contribution in [0, 0.1) is 0 Å². The highest BCUT2D eigenvalue weighted by atomic mass is 35.5. The van der Waals surface area contributed by atoms with Crippen LogP contribution >= 0.6 is 11.6 Å². The monoisotopic (exact) mass is 316 g/mol. The molecule has 1 N–H and O–H groups in total. The third-order valence-electron chi connectivity index (χ3n) is 3.77. The fourth-order valence-electron chi connectivity index (χ4n) is 2.58. The van der Waals surface area contributed by atoms with E-state index in [1.54, 1.807) is 24.3 Å². The fourth-order valence-corrected chi connectivity index (χ4v) is 2.70. The maximum absolute atomic E-state index is 12.0. The zero-order valence-electron chi connectivity index (χ0n) is 12.3. The number of amides is 1. The molecule has 1 amide bonds. The lowest BCUT2D eigenvalue weighted by molar-refractivity contribution is 0.101. The Kier molecular flexibility index (Phi) is 4.32. The van der Waals surface area contributed by atoms with Crippen LogP contribution in [0.4, 0.5) is 4.79 Å². The highest BCUT2D eigenvalue weighted by Gasteiger charge is 2.24. The molecular formula is C17H17ClN2O2. The van der Waals surface area contributed by atoms with Crippen molar-refractivity contribution in [1.29, 1.82) is 0 Å². The predicted molar refractivity (Wildman–Crippen MR) is 85.8 cm³/mol. The number of halogens is 1. The molecule has 0 bridgehead atoms. The third kappa shape index (κ3) is 3.40. The van der Waals surface area contributed by atoms with E-state index in [4.69, 9.17) is 16.3 Å². The highest BCUT2D eigenvalue weighted by Crippen LogP contribution is 2.21. The van der Waals surface area contributed by atoms with Gasteiger partial charge in [0.2, 0.25) is 0 Å². The van der Waals surface area contributed by atoms with Gasteiger partial charge in [-0.05, 0) is 48.7 Å². The van der Waals surface area contributed by atoms with Gasteiger partial charge in [0, 0.05) is 17.6 Å². The Hall–Kier alpha value is -2.04. The first-order valence-corrected chi connectivity index (χ1v) is 7.57. The molecule has 1 unspecified atom stereocenters. The highest BCUT2D eigenvalue weighted by molar-refractivity contribution is 6.30. The summed E-state index contributed by atoms with van der Waals surface area (Å²) in [7, 11) is 0. The molecule has 0 saturated carbocycles. The van der Waals surface area contributed by atoms with Crippen molar-refractivity contribution in [2.75, 3.05) is 0 Å². The molecule has 3 rings (SSSR count). The average Bonchev–Trinajstić information content (AvgIpc) is 2.50. The molecule has 1 aliphatic heterocycles. The second-order valence-corrected chi connectivity index (χ2v) is 5.84. The molecule has 0 radical (unpaired) electrons. The molecule has 4 nitrogen and oxygen atoms in total. The van der Waals surface area contributed by atoms with E-state index < -0.39 is 6.09 Å². The number of fused-ring (bicyclic) bond motifs is 1. The minimum atomic E-state index is -0.492. The molecular weight excluding hydrogens is 300 g/mol. The second kappa shape index (κ2) is 6.38. The van der Waals surface area contributed by atoms with Gasteiger partial charge in [0.05, 0.1) is 0 Å². The number of hydrazine groups is 1. The number of rotatable bonds is 2. The molecule has 0 fully saturated rings. The van der Waals surface area contributed by atoms with Gasteiger partial charge in [0.15, 0.2) is 0 Å². The standard InChI is InChI=1S/C17H17ClN2O2/c1-12-10-13-4-2-3-5-14(13)11-20(12)19-17(21)22-16-8-6-15(18)7-9-16/h2-9,12H,10-11H2,1H3,(H,19,21). The Bertz CT molecular complexity index is 673. The largest absolute Gasteiger partial charge is 0.427 e. The van der Waals surface area contributed by atoms with Crippen molar-refractivity contribution in [3.8, 4) is 5.75 Å². The number of nitrogens with zero attached hydrogens (tertiary/aromatic N) is 1. The van der Waals surface area contributed by atoms with Crippen molar-refractivity contribution < 1.29 is 9.53 Å². The normalized spacial score (nSPS) is 17.6. The topological polar surface area (TPSA) is 41.6 Å². The summed E-state index contributed by atoms with van der Waals surface area (Å²) < 4.78 is 5.26. The van der Waals surface area contributed by atoms with Crippen molar-refractivity contribution in [3.05, 3.63) is 64.7 Å². The Morgan fingerprint density at radius 1 is 1.18 bits per heavy atom. The fraction of sp³-hybridized carbons (Fsp3) is 0.235. The van der Waals surface area contributed by atoms with Crippen molar-refractivity contribution in [1.82, 2.24) is 10.4 Å². The van der Waals surface area contributed by atoms with Crippen LogP contribution in [0.3, 0.4) is 0 Å². The van der Waals surface area contributed by atoms with Gasteiger partial charge in [-0.2, -0.15) is 0 Å². The van der Waals surface area contributed by atoms with Crippen molar-refractivity contribution in [2.24, 2.45) is 0 Å². The van der Waals surface area contributed by atoms with Gasteiger partial charge in [-0.25, -0.2) is 9.80 Å². The molecule has 1 heterocycles. The molecule has 1 atom stereocenters. The van der Waals surface area contributed by atoms with E-state index in [2.05, 4.69) is 24.5 Å². The number of carbonyl (C=O) groups is 1. The average molecular weight is 317 g/mol.